The summed E-state index contributed by atoms with van der Waals surface area (Å²) in [6, 6.07) is 24.1. The summed E-state index contributed by atoms with van der Waals surface area (Å²) in [6.45, 7) is 0. The predicted octanol–water partition coefficient (Wildman–Crippen LogP) is 5.03. The van der Waals surface area contributed by atoms with Gasteiger partial charge in [0.25, 0.3) is 15.9 Å². The van der Waals surface area contributed by atoms with Crippen molar-refractivity contribution < 1.29 is 17.6 Å². The Morgan fingerprint density at radius 2 is 1.43 bits per heavy atom. The van der Waals surface area contributed by atoms with Crippen LogP contribution in [0, 0.1) is 5.82 Å². The Hall–Kier alpha value is -3.71. The van der Waals surface area contributed by atoms with Gasteiger partial charge in [-0.05, 0) is 47.9 Å². The summed E-state index contributed by atoms with van der Waals surface area (Å²) >= 11 is 0. The summed E-state index contributed by atoms with van der Waals surface area (Å²) < 4.78 is 41.9. The minimum Gasteiger partial charge on any atom is -0.322 e. The van der Waals surface area contributed by atoms with Gasteiger partial charge in [-0.2, -0.15) is 0 Å². The highest BCUT2D eigenvalue weighted by Gasteiger charge is 2.16. The molecule has 4 aromatic rings. The van der Waals surface area contributed by atoms with Crippen molar-refractivity contribution in [2.45, 2.75) is 4.90 Å². The molecule has 0 aromatic heterocycles. The molecule has 0 radical (unpaired) electrons. The molecule has 5 nitrogen and oxygen atoms in total. The fourth-order valence-corrected chi connectivity index (χ4v) is 4.16. The second kappa shape index (κ2) is 7.96. The number of hydrogen-bond acceptors (Lipinski definition) is 3. The topological polar surface area (TPSA) is 75.3 Å². The molecule has 4 aromatic carbocycles. The molecular formula is C23H17FN2O3S. The van der Waals surface area contributed by atoms with Crippen LogP contribution < -0.4 is 10.0 Å². The number of sulfonamides is 1. The first-order valence-corrected chi connectivity index (χ1v) is 10.6. The lowest BCUT2D eigenvalue weighted by Gasteiger charge is -2.12. The standard InChI is InChI=1S/C23H17FN2O3S/c24-21-10-4-3-9-20(21)23(27)25-17-12-14-18(15-13-17)30(28,29)26-22-11-5-7-16-6-1-2-8-19(16)22/h1-15,26H,(H,25,27). The SMILES string of the molecule is O=C(Nc1ccc(S(=O)(=O)Nc2cccc3ccccc23)cc1)c1ccccc1F. The first kappa shape index (κ1) is 19.6. The van der Waals surface area contributed by atoms with Crippen LogP contribution in [0.2, 0.25) is 0 Å². The minimum absolute atomic E-state index is 0.0410. The molecule has 0 heterocycles. The zero-order chi connectivity index (χ0) is 21.1. The van der Waals surface area contributed by atoms with Gasteiger partial charge in [0, 0.05) is 11.1 Å². The van der Waals surface area contributed by atoms with Crippen molar-refractivity contribution in [1.82, 2.24) is 0 Å². The van der Waals surface area contributed by atoms with E-state index in [-0.39, 0.29) is 10.5 Å². The molecule has 0 unspecified atom stereocenters. The van der Waals surface area contributed by atoms with Crippen molar-refractivity contribution in [2.75, 3.05) is 10.0 Å². The van der Waals surface area contributed by atoms with E-state index in [1.54, 1.807) is 18.2 Å². The van der Waals surface area contributed by atoms with Crippen molar-refractivity contribution >= 4 is 38.1 Å². The van der Waals surface area contributed by atoms with Crippen LogP contribution >= 0.6 is 0 Å². The molecule has 0 spiro atoms. The number of benzene rings is 4. The Morgan fingerprint density at radius 1 is 0.767 bits per heavy atom. The molecule has 2 N–H and O–H groups in total. The van der Waals surface area contributed by atoms with E-state index in [1.165, 1.54) is 42.5 Å². The van der Waals surface area contributed by atoms with Crippen LogP contribution in [0.4, 0.5) is 15.8 Å². The highest BCUT2D eigenvalue weighted by molar-refractivity contribution is 7.92. The molecule has 7 heteroatoms. The Kier molecular flexibility index (Phi) is 5.20. The first-order chi connectivity index (χ1) is 14.4. The summed E-state index contributed by atoms with van der Waals surface area (Å²) in [5.41, 5.74) is 0.740. The normalized spacial score (nSPS) is 11.2. The van der Waals surface area contributed by atoms with E-state index in [0.717, 1.165) is 10.8 Å². The van der Waals surface area contributed by atoms with E-state index in [2.05, 4.69) is 10.0 Å². The van der Waals surface area contributed by atoms with Crippen molar-refractivity contribution in [3.05, 3.63) is 102 Å². The molecule has 0 saturated carbocycles. The minimum atomic E-state index is -3.83. The Balaban J connectivity index is 1.54. The highest BCUT2D eigenvalue weighted by atomic mass is 32.2. The molecule has 0 atom stereocenters. The number of carbonyl (C=O) groups is 1. The average molecular weight is 420 g/mol. The monoisotopic (exact) mass is 420 g/mol. The maximum Gasteiger partial charge on any atom is 0.261 e. The van der Waals surface area contributed by atoms with Gasteiger partial charge in [0.15, 0.2) is 0 Å². The lowest BCUT2D eigenvalue weighted by molar-refractivity contribution is 0.102. The first-order valence-electron chi connectivity index (χ1n) is 9.10. The van der Waals surface area contributed by atoms with E-state index in [4.69, 9.17) is 0 Å². The molecule has 0 bridgehead atoms. The fourth-order valence-electron chi connectivity index (χ4n) is 3.08. The summed E-state index contributed by atoms with van der Waals surface area (Å²) in [5, 5.41) is 4.27. The molecule has 4 rings (SSSR count). The largest absolute Gasteiger partial charge is 0.322 e. The van der Waals surface area contributed by atoms with E-state index in [0.29, 0.717) is 11.4 Å². The predicted molar refractivity (Wildman–Crippen MR) is 116 cm³/mol. The van der Waals surface area contributed by atoms with Gasteiger partial charge in [-0.3, -0.25) is 9.52 Å². The average Bonchev–Trinajstić information content (AvgIpc) is 2.74. The van der Waals surface area contributed by atoms with Crippen molar-refractivity contribution in [3.63, 3.8) is 0 Å². The number of anilines is 2. The van der Waals surface area contributed by atoms with Crippen LogP contribution in [0.5, 0.6) is 0 Å². The van der Waals surface area contributed by atoms with Crippen molar-refractivity contribution in [3.8, 4) is 0 Å². The van der Waals surface area contributed by atoms with Gasteiger partial charge in [0.1, 0.15) is 5.82 Å². The van der Waals surface area contributed by atoms with Gasteiger partial charge in [-0.1, -0.05) is 48.5 Å². The molecular weight excluding hydrogens is 403 g/mol. The second-order valence-corrected chi connectivity index (χ2v) is 8.27. The maximum atomic E-state index is 13.7. The quantitative estimate of drug-likeness (QED) is 0.475. The Labute approximate surface area is 173 Å². The van der Waals surface area contributed by atoms with E-state index >= 15 is 0 Å². The number of fused-ring (bicyclic) bond motifs is 1. The maximum absolute atomic E-state index is 13.7. The number of rotatable bonds is 5. The Bertz CT molecular complexity index is 1330. The highest BCUT2D eigenvalue weighted by Crippen LogP contribution is 2.26. The van der Waals surface area contributed by atoms with Gasteiger partial charge >= 0.3 is 0 Å². The van der Waals surface area contributed by atoms with Crippen LogP contribution in [0.1, 0.15) is 10.4 Å². The lowest BCUT2D eigenvalue weighted by atomic mass is 10.1. The molecule has 150 valence electrons. The summed E-state index contributed by atoms with van der Waals surface area (Å²) in [6.07, 6.45) is 0. The third kappa shape index (κ3) is 4.01. The third-order valence-corrected chi connectivity index (χ3v) is 5.96. The van der Waals surface area contributed by atoms with E-state index in [1.807, 2.05) is 30.3 Å². The number of amides is 1. The van der Waals surface area contributed by atoms with Crippen LogP contribution in [0.25, 0.3) is 10.8 Å². The van der Waals surface area contributed by atoms with Gasteiger partial charge in [-0.15, -0.1) is 0 Å². The molecule has 0 aliphatic heterocycles. The number of hydrogen-bond donors (Lipinski definition) is 2. The molecule has 30 heavy (non-hydrogen) atoms. The van der Waals surface area contributed by atoms with Gasteiger partial charge in [-0.25, -0.2) is 12.8 Å². The second-order valence-electron chi connectivity index (χ2n) is 6.59. The summed E-state index contributed by atoms with van der Waals surface area (Å²) in [4.78, 5) is 12.2. The van der Waals surface area contributed by atoms with Crippen LogP contribution in [0.3, 0.4) is 0 Å². The number of halogens is 1. The molecule has 1 amide bonds. The third-order valence-electron chi connectivity index (χ3n) is 4.57. The summed E-state index contributed by atoms with van der Waals surface area (Å²) in [5.74, 6) is -1.24. The van der Waals surface area contributed by atoms with Crippen LogP contribution in [-0.2, 0) is 10.0 Å². The summed E-state index contributed by atoms with van der Waals surface area (Å²) in [7, 11) is -3.83. The lowest BCUT2D eigenvalue weighted by Crippen LogP contribution is -2.15. The van der Waals surface area contributed by atoms with Crippen molar-refractivity contribution in [2.24, 2.45) is 0 Å². The van der Waals surface area contributed by atoms with E-state index < -0.39 is 21.7 Å². The van der Waals surface area contributed by atoms with Crippen LogP contribution in [0.15, 0.2) is 95.9 Å². The Morgan fingerprint density at radius 3 is 2.20 bits per heavy atom. The van der Waals surface area contributed by atoms with E-state index in [9.17, 15) is 17.6 Å². The molecule has 0 saturated heterocycles. The van der Waals surface area contributed by atoms with Crippen molar-refractivity contribution in [1.29, 1.82) is 0 Å². The number of nitrogens with one attached hydrogen (secondary N) is 2. The molecule has 0 aliphatic rings. The molecule has 0 fully saturated rings. The smallest absolute Gasteiger partial charge is 0.261 e. The van der Waals surface area contributed by atoms with Gasteiger partial charge < -0.3 is 5.32 Å². The fraction of sp³-hybridized carbons (Fsp3) is 0. The number of carbonyl (C=O) groups excluding carboxylic acids is 1. The zero-order valence-corrected chi connectivity index (χ0v) is 16.5. The van der Waals surface area contributed by atoms with Gasteiger partial charge in [0.05, 0.1) is 16.1 Å². The van der Waals surface area contributed by atoms with Gasteiger partial charge in [0.2, 0.25) is 0 Å². The zero-order valence-electron chi connectivity index (χ0n) is 15.7. The molecule has 0 aliphatic carbocycles. The van der Waals surface area contributed by atoms with Crippen LogP contribution in [-0.4, -0.2) is 14.3 Å².